The summed E-state index contributed by atoms with van der Waals surface area (Å²) < 4.78 is 6.29. The molecule has 31 heavy (non-hydrogen) atoms. The number of ether oxygens (including phenoxy) is 1. The van der Waals surface area contributed by atoms with E-state index in [-0.39, 0.29) is 23.4 Å². The zero-order valence-corrected chi connectivity index (χ0v) is 17.9. The van der Waals surface area contributed by atoms with Crippen LogP contribution >= 0.6 is 0 Å². The third-order valence-corrected chi connectivity index (χ3v) is 7.81. The van der Waals surface area contributed by atoms with Crippen LogP contribution in [0.25, 0.3) is 0 Å². The summed E-state index contributed by atoms with van der Waals surface area (Å²) in [5.41, 5.74) is 6.14. The molecule has 1 saturated heterocycles. The number of likely N-dealkylation sites (tertiary alicyclic amines) is 1. The highest BCUT2D eigenvalue weighted by Crippen LogP contribution is 2.61. The van der Waals surface area contributed by atoms with E-state index in [9.17, 15) is 19.8 Å². The number of carboxylic acid groups (broad SMARTS) is 1. The Hall–Kier alpha value is -2.20. The Bertz CT molecular complexity index is 907. The largest absolute Gasteiger partial charge is 0.507 e. The molecule has 2 bridgehead atoms. The summed E-state index contributed by atoms with van der Waals surface area (Å²) in [4.78, 5) is 25.3. The van der Waals surface area contributed by atoms with Crippen LogP contribution in [0.4, 0.5) is 0 Å². The van der Waals surface area contributed by atoms with Gasteiger partial charge >= 0.3 is 5.97 Å². The summed E-state index contributed by atoms with van der Waals surface area (Å²) in [5, 5.41) is 33.4. The van der Waals surface area contributed by atoms with Crippen molar-refractivity contribution in [3.8, 4) is 5.75 Å². The molecule has 1 aromatic carbocycles. The molecule has 1 saturated carbocycles. The second kappa shape index (κ2) is 7.74. The quantitative estimate of drug-likeness (QED) is 0.403. The summed E-state index contributed by atoms with van der Waals surface area (Å²) in [7, 11) is 3.78. The molecule has 3 aliphatic rings. The number of nitrogens with one attached hydrogen (secondary N) is 1. The first-order valence-electron chi connectivity index (χ1n) is 10.7. The minimum absolute atomic E-state index is 0.0823. The average Bonchev–Trinajstić information content (AvgIpc) is 2.69. The number of amides is 1. The Labute approximate surface area is 181 Å². The second-order valence-electron chi connectivity index (χ2n) is 9.21. The number of benzene rings is 1. The van der Waals surface area contributed by atoms with Crippen molar-refractivity contribution in [2.45, 2.75) is 67.9 Å². The number of piperidine rings is 1. The lowest BCUT2D eigenvalue weighted by Crippen LogP contribution is -2.74. The zero-order valence-electron chi connectivity index (χ0n) is 17.9. The number of carboxylic acids is 1. The Morgan fingerprint density at radius 2 is 2.13 bits per heavy atom. The van der Waals surface area contributed by atoms with Gasteiger partial charge in [0.2, 0.25) is 0 Å². The number of hydrogen-bond acceptors (Lipinski definition) is 7. The maximum atomic E-state index is 12.0. The molecule has 5 atom stereocenters. The van der Waals surface area contributed by atoms with Crippen LogP contribution in [-0.4, -0.2) is 76.7 Å². The summed E-state index contributed by atoms with van der Waals surface area (Å²) >= 11 is 0. The van der Waals surface area contributed by atoms with Crippen molar-refractivity contribution in [2.24, 2.45) is 5.73 Å². The molecule has 4 rings (SSSR count). The fourth-order valence-corrected chi connectivity index (χ4v) is 6.58. The van der Waals surface area contributed by atoms with Crippen LogP contribution in [0.5, 0.6) is 5.75 Å². The van der Waals surface area contributed by atoms with Crippen LogP contribution < -0.4 is 11.1 Å². The van der Waals surface area contributed by atoms with Gasteiger partial charge in [-0.15, -0.1) is 0 Å². The molecule has 170 valence electrons. The second-order valence-corrected chi connectivity index (χ2v) is 9.21. The van der Waals surface area contributed by atoms with Gasteiger partial charge in [-0.1, -0.05) is 6.07 Å². The number of methoxy groups -OCH3 is 1. The number of fused-ring (bicyclic) bond motifs is 1. The number of phenols is 1. The molecule has 6 N–H and O–H groups in total. The first-order chi connectivity index (χ1) is 14.6. The number of aliphatic hydroxyl groups excluding tert-OH is 1. The molecule has 0 radical (unpaired) electrons. The third kappa shape index (κ3) is 3.22. The van der Waals surface area contributed by atoms with Gasteiger partial charge < -0.3 is 30.7 Å². The molecule has 1 aliphatic heterocycles. The fourth-order valence-electron chi connectivity index (χ4n) is 6.58. The van der Waals surface area contributed by atoms with Gasteiger partial charge in [-0.3, -0.25) is 14.9 Å². The van der Waals surface area contributed by atoms with E-state index in [0.717, 1.165) is 12.1 Å². The van der Waals surface area contributed by atoms with Gasteiger partial charge in [0.1, 0.15) is 12.0 Å². The van der Waals surface area contributed by atoms with E-state index in [1.807, 2.05) is 6.07 Å². The first kappa shape index (κ1) is 22.0. The van der Waals surface area contributed by atoms with Crippen molar-refractivity contribution < 1.29 is 29.6 Å². The molecule has 1 unspecified atom stereocenters. The summed E-state index contributed by atoms with van der Waals surface area (Å²) in [5.74, 6) is -1.84. The Kier molecular flexibility index (Phi) is 5.49. The predicted molar refractivity (Wildman–Crippen MR) is 112 cm³/mol. The number of aliphatic carboxylic acids is 1. The fraction of sp³-hybridized carbons (Fsp3) is 0.636. The van der Waals surface area contributed by atoms with E-state index >= 15 is 0 Å². The normalized spacial score (nSPS) is 33.3. The molecule has 1 aromatic rings. The SMILES string of the molecule is CO[C@@]12CC[C@@H](NC(O)CC(=O)O)C[C@@]13CCN(C)[C@@H]2Cc1ccc(C(N)=O)c(O)c13. The minimum Gasteiger partial charge on any atom is -0.507 e. The number of hydrogen-bond donors (Lipinski definition) is 5. The zero-order chi connectivity index (χ0) is 22.6. The smallest absolute Gasteiger partial charge is 0.307 e. The van der Waals surface area contributed by atoms with Crippen molar-refractivity contribution in [3.05, 3.63) is 28.8 Å². The lowest BCUT2D eigenvalue weighted by atomic mass is 9.48. The number of rotatable bonds is 6. The van der Waals surface area contributed by atoms with Gasteiger partial charge in [0.15, 0.2) is 0 Å². The number of likely N-dealkylation sites (N-methyl/N-ethyl adjacent to an activating group) is 1. The van der Waals surface area contributed by atoms with E-state index in [2.05, 4.69) is 17.3 Å². The average molecular weight is 434 g/mol. The number of aromatic hydroxyl groups is 1. The third-order valence-electron chi connectivity index (χ3n) is 7.81. The molecular formula is C22H31N3O6. The van der Waals surface area contributed by atoms with Crippen LogP contribution in [0.15, 0.2) is 12.1 Å². The molecule has 9 heteroatoms. The van der Waals surface area contributed by atoms with Gasteiger partial charge in [0, 0.05) is 30.2 Å². The van der Waals surface area contributed by atoms with E-state index in [1.54, 1.807) is 13.2 Å². The number of primary amides is 1. The van der Waals surface area contributed by atoms with Crippen LogP contribution in [0.3, 0.4) is 0 Å². The highest BCUT2D eigenvalue weighted by molar-refractivity contribution is 5.96. The van der Waals surface area contributed by atoms with Gasteiger partial charge in [0.05, 0.1) is 17.6 Å². The van der Waals surface area contributed by atoms with Crippen molar-refractivity contribution >= 4 is 11.9 Å². The van der Waals surface area contributed by atoms with Gasteiger partial charge in [-0.25, -0.2) is 0 Å². The lowest BCUT2D eigenvalue weighted by Gasteiger charge is -2.66. The maximum Gasteiger partial charge on any atom is 0.307 e. The van der Waals surface area contributed by atoms with Crippen molar-refractivity contribution in [2.75, 3.05) is 20.7 Å². The number of aliphatic hydroxyl groups is 1. The van der Waals surface area contributed by atoms with Gasteiger partial charge in [-0.2, -0.15) is 0 Å². The van der Waals surface area contributed by atoms with Crippen molar-refractivity contribution in [3.63, 3.8) is 0 Å². The molecule has 2 aliphatic carbocycles. The van der Waals surface area contributed by atoms with Crippen LogP contribution in [0.2, 0.25) is 0 Å². The van der Waals surface area contributed by atoms with Crippen LogP contribution in [-0.2, 0) is 21.4 Å². The van der Waals surface area contributed by atoms with Gasteiger partial charge in [-0.05, 0) is 57.3 Å². The number of nitrogens with two attached hydrogens (primary N) is 1. The highest BCUT2D eigenvalue weighted by Gasteiger charge is 2.66. The van der Waals surface area contributed by atoms with E-state index in [1.165, 1.54) is 0 Å². The topological polar surface area (TPSA) is 145 Å². The molecule has 0 spiro atoms. The van der Waals surface area contributed by atoms with Gasteiger partial charge in [0.25, 0.3) is 5.91 Å². The van der Waals surface area contributed by atoms with E-state index < -0.39 is 35.5 Å². The predicted octanol–water partition coefficient (Wildman–Crippen LogP) is 0.310. The summed E-state index contributed by atoms with van der Waals surface area (Å²) in [6.45, 7) is 0.792. The monoisotopic (exact) mass is 433 g/mol. The summed E-state index contributed by atoms with van der Waals surface area (Å²) in [6.07, 6.45) is 1.75. The maximum absolute atomic E-state index is 12.0. The molecular weight excluding hydrogens is 402 g/mol. The first-order valence-corrected chi connectivity index (χ1v) is 10.7. The lowest BCUT2D eigenvalue weighted by molar-refractivity contribution is -0.186. The Morgan fingerprint density at radius 1 is 1.39 bits per heavy atom. The minimum atomic E-state index is -1.16. The molecule has 1 heterocycles. The van der Waals surface area contributed by atoms with Crippen LogP contribution in [0.1, 0.15) is 53.6 Å². The van der Waals surface area contributed by atoms with E-state index in [4.69, 9.17) is 15.6 Å². The van der Waals surface area contributed by atoms with Crippen molar-refractivity contribution in [1.29, 1.82) is 0 Å². The molecule has 9 nitrogen and oxygen atoms in total. The standard InChI is InChI=1S/C22H31N3O6/c1-25-8-7-21-11-13(24-16(26)10-17(27)28)5-6-22(21,31-2)15(25)9-12-3-4-14(20(23)30)19(29)18(12)21/h3-4,13,15-16,24,26,29H,5-11H2,1-2H3,(H2,23,30)(H,27,28)/t13-,15-,16?,21-,22-/m1/s1. The highest BCUT2D eigenvalue weighted by atomic mass is 16.5. The molecule has 1 amide bonds. The van der Waals surface area contributed by atoms with E-state index in [0.29, 0.717) is 37.7 Å². The molecule has 2 fully saturated rings. The number of nitrogens with zero attached hydrogens (tertiary/aromatic N) is 1. The van der Waals surface area contributed by atoms with Crippen LogP contribution in [0, 0.1) is 0 Å². The Balaban J connectivity index is 1.83. The Morgan fingerprint density at radius 3 is 2.77 bits per heavy atom. The van der Waals surface area contributed by atoms with Crippen molar-refractivity contribution in [1.82, 2.24) is 10.2 Å². The number of carbonyl (C=O) groups is 2. The molecule has 0 aromatic heterocycles. The summed E-state index contributed by atoms with van der Waals surface area (Å²) in [6, 6.07) is 3.39. The number of carbonyl (C=O) groups excluding carboxylic acids is 1.